The Labute approximate surface area is 139 Å². The van der Waals surface area contributed by atoms with E-state index in [1.807, 2.05) is 18.2 Å². The van der Waals surface area contributed by atoms with Crippen LogP contribution >= 0.6 is 0 Å². The zero-order chi connectivity index (χ0) is 16.3. The summed E-state index contributed by atoms with van der Waals surface area (Å²) in [5, 5.41) is 10.7. The molecule has 0 aromatic heterocycles. The van der Waals surface area contributed by atoms with Gasteiger partial charge in [-0.15, -0.1) is 0 Å². The van der Waals surface area contributed by atoms with Crippen LogP contribution in [0, 0.1) is 21.8 Å². The second-order valence-corrected chi connectivity index (χ2v) is 6.35. The Balaban J connectivity index is 0.000000198. The number of hydrogen-bond acceptors (Lipinski definition) is 3. The Kier molecular flexibility index (Phi) is 8.14. The summed E-state index contributed by atoms with van der Waals surface area (Å²) in [5.41, 5.74) is 0.836. The molecule has 1 saturated heterocycles. The zero-order valence-corrected chi connectivity index (χ0v) is 14.4. The van der Waals surface area contributed by atoms with Crippen molar-refractivity contribution in [3.05, 3.63) is 34.2 Å². The molecule has 126 valence electrons. The Bertz CT molecular complexity index is 585. The fourth-order valence-corrected chi connectivity index (χ4v) is 2.91. The van der Waals surface area contributed by atoms with Gasteiger partial charge in [0.05, 0.1) is 37.6 Å². The molecule has 3 heteroatoms. The van der Waals surface area contributed by atoms with E-state index < -0.39 is 0 Å². The fourth-order valence-electron chi connectivity index (χ4n) is 2.91. The average Bonchev–Trinajstić information content (AvgIpc) is 2.58. The van der Waals surface area contributed by atoms with Gasteiger partial charge in [-0.2, -0.15) is 5.26 Å². The van der Waals surface area contributed by atoms with E-state index >= 15 is 0 Å². The van der Waals surface area contributed by atoms with Crippen LogP contribution in [0.1, 0.15) is 63.9 Å². The summed E-state index contributed by atoms with van der Waals surface area (Å²) in [6.07, 6.45) is 11.2. The zero-order valence-electron chi connectivity index (χ0n) is 14.4. The minimum Gasteiger partial charge on any atom is -0.376 e. The third-order valence-electron chi connectivity index (χ3n) is 4.47. The highest BCUT2D eigenvalue weighted by atomic mass is 16.6. The minimum absolute atomic E-state index is 0.384. The lowest BCUT2D eigenvalue weighted by Crippen LogP contribution is -2.28. The number of hydrogen-bond donors (Lipinski definition) is 0. The highest BCUT2D eigenvalue weighted by Gasteiger charge is 2.13. The van der Waals surface area contributed by atoms with Crippen molar-refractivity contribution in [2.75, 3.05) is 19.8 Å². The number of unbranched alkanes of at least 4 members (excludes halogenated alkanes) is 6. The molecule has 0 saturated carbocycles. The predicted octanol–water partition coefficient (Wildman–Crippen LogP) is 4.70. The third kappa shape index (κ3) is 5.97. The SMILES string of the molecule is CCCCCCCCCC1COCCO1.N#Cc1cc2ccc1=2. The maximum atomic E-state index is 8.32. The largest absolute Gasteiger partial charge is 0.376 e. The second-order valence-electron chi connectivity index (χ2n) is 6.35. The van der Waals surface area contributed by atoms with Gasteiger partial charge in [-0.05, 0) is 22.9 Å². The summed E-state index contributed by atoms with van der Waals surface area (Å²) in [6.45, 7) is 4.66. The fraction of sp³-hybridized carbons (Fsp3) is 0.650. The average molecular weight is 315 g/mol. The smallest absolute Gasteiger partial charge is 0.0998 e. The van der Waals surface area contributed by atoms with Gasteiger partial charge in [0.1, 0.15) is 0 Å². The molecule has 1 heterocycles. The number of nitrogens with zero attached hydrogens (tertiary/aromatic N) is 1. The summed E-state index contributed by atoms with van der Waals surface area (Å²) in [5.74, 6) is 0. The first-order valence-corrected chi connectivity index (χ1v) is 9.09. The van der Waals surface area contributed by atoms with Gasteiger partial charge < -0.3 is 9.47 Å². The Hall–Kier alpha value is -1.37. The van der Waals surface area contributed by atoms with Crippen LogP contribution < -0.4 is 0 Å². The molecule has 1 atom stereocenters. The van der Waals surface area contributed by atoms with Crippen LogP contribution in [0.15, 0.2) is 18.2 Å². The van der Waals surface area contributed by atoms with Gasteiger partial charge in [0.2, 0.25) is 0 Å². The van der Waals surface area contributed by atoms with Crippen molar-refractivity contribution < 1.29 is 9.47 Å². The number of benzene rings is 1. The summed E-state index contributed by atoms with van der Waals surface area (Å²) >= 11 is 0. The highest BCUT2D eigenvalue weighted by molar-refractivity contribution is 5.41. The van der Waals surface area contributed by atoms with E-state index in [0.29, 0.717) is 6.10 Å². The van der Waals surface area contributed by atoms with Crippen LogP contribution in [0.2, 0.25) is 0 Å². The van der Waals surface area contributed by atoms with E-state index in [0.717, 1.165) is 30.6 Å². The van der Waals surface area contributed by atoms with Crippen molar-refractivity contribution in [3.8, 4) is 6.07 Å². The van der Waals surface area contributed by atoms with Gasteiger partial charge >= 0.3 is 0 Å². The normalized spacial score (nSPS) is 17.8. The standard InChI is InChI=1S/C13H26O2.C7H3N/c1-2-3-4-5-6-7-8-9-13-12-14-10-11-15-13;8-4-6-3-5-1-2-7(5)6/h13H,2-12H2,1H3;1-3H. The van der Waals surface area contributed by atoms with Crippen molar-refractivity contribution in [3.63, 3.8) is 0 Å². The molecule has 1 aliphatic heterocycles. The molecule has 23 heavy (non-hydrogen) atoms. The van der Waals surface area contributed by atoms with E-state index in [9.17, 15) is 0 Å². The summed E-state index contributed by atoms with van der Waals surface area (Å²) in [4.78, 5) is 0. The van der Waals surface area contributed by atoms with Gasteiger partial charge in [-0.3, -0.25) is 0 Å². The van der Waals surface area contributed by atoms with Crippen LogP contribution in [-0.4, -0.2) is 25.9 Å². The molecule has 0 amide bonds. The Morgan fingerprint density at radius 3 is 2.35 bits per heavy atom. The predicted molar refractivity (Wildman–Crippen MR) is 92.0 cm³/mol. The van der Waals surface area contributed by atoms with Gasteiger partial charge in [0.25, 0.3) is 0 Å². The van der Waals surface area contributed by atoms with Crippen molar-refractivity contribution >= 4 is 0 Å². The topological polar surface area (TPSA) is 42.2 Å². The van der Waals surface area contributed by atoms with E-state index in [4.69, 9.17) is 14.7 Å². The van der Waals surface area contributed by atoms with Crippen LogP contribution in [0.5, 0.6) is 0 Å². The summed E-state index contributed by atoms with van der Waals surface area (Å²) < 4.78 is 11.0. The van der Waals surface area contributed by atoms with E-state index in [1.54, 1.807) is 0 Å². The molecule has 1 fully saturated rings. The molecule has 0 bridgehead atoms. The van der Waals surface area contributed by atoms with Gasteiger partial charge in [-0.25, -0.2) is 0 Å². The van der Waals surface area contributed by atoms with Crippen molar-refractivity contribution in [1.82, 2.24) is 0 Å². The Morgan fingerprint density at radius 2 is 1.87 bits per heavy atom. The molecule has 2 aliphatic carbocycles. The van der Waals surface area contributed by atoms with Crippen LogP contribution in [-0.2, 0) is 9.47 Å². The molecule has 3 rings (SSSR count). The molecule has 0 radical (unpaired) electrons. The lowest BCUT2D eigenvalue weighted by atomic mass is 10.0. The van der Waals surface area contributed by atoms with Crippen molar-refractivity contribution in [2.24, 2.45) is 0 Å². The van der Waals surface area contributed by atoms with Gasteiger partial charge in [-0.1, -0.05) is 64.0 Å². The number of rotatable bonds is 8. The van der Waals surface area contributed by atoms with Crippen molar-refractivity contribution in [2.45, 2.75) is 64.4 Å². The summed E-state index contributed by atoms with van der Waals surface area (Å²) in [6, 6.07) is 7.96. The maximum absolute atomic E-state index is 8.32. The van der Waals surface area contributed by atoms with Crippen LogP contribution in [0.4, 0.5) is 0 Å². The molecule has 0 aromatic rings. The lowest BCUT2D eigenvalue weighted by molar-refractivity contribution is -0.0912. The van der Waals surface area contributed by atoms with E-state index in [-0.39, 0.29) is 0 Å². The minimum atomic E-state index is 0.384. The molecule has 0 spiro atoms. The maximum Gasteiger partial charge on any atom is 0.0998 e. The Morgan fingerprint density at radius 1 is 1.09 bits per heavy atom. The molecular formula is C20H29NO2. The second kappa shape index (κ2) is 10.4. The number of nitriles is 1. The molecule has 0 N–H and O–H groups in total. The first-order chi connectivity index (χ1) is 11.3. The quantitative estimate of drug-likeness (QED) is 0.663. The number of ether oxygens (including phenoxy) is 2. The van der Waals surface area contributed by atoms with Crippen LogP contribution in [0.3, 0.4) is 0 Å². The monoisotopic (exact) mass is 315 g/mol. The van der Waals surface area contributed by atoms with Gasteiger partial charge in [0, 0.05) is 0 Å². The highest BCUT2D eigenvalue weighted by Crippen LogP contribution is 2.14. The van der Waals surface area contributed by atoms with Crippen LogP contribution in [0.25, 0.3) is 0 Å². The van der Waals surface area contributed by atoms with E-state index in [1.165, 1.54) is 56.6 Å². The summed E-state index contributed by atoms with van der Waals surface area (Å²) in [7, 11) is 0. The first-order valence-electron chi connectivity index (χ1n) is 9.09. The molecule has 0 aromatic carbocycles. The van der Waals surface area contributed by atoms with Crippen molar-refractivity contribution in [1.29, 1.82) is 5.26 Å². The third-order valence-corrected chi connectivity index (χ3v) is 4.47. The lowest BCUT2D eigenvalue weighted by Gasteiger charge is -2.22. The molecule has 1 unspecified atom stereocenters. The van der Waals surface area contributed by atoms with E-state index in [2.05, 4.69) is 13.0 Å². The molecule has 3 nitrogen and oxygen atoms in total. The molecule has 3 aliphatic rings. The molecular weight excluding hydrogens is 286 g/mol. The first kappa shape index (κ1) is 18.0. The van der Waals surface area contributed by atoms with Gasteiger partial charge in [0.15, 0.2) is 0 Å².